The van der Waals surface area contributed by atoms with E-state index in [0.29, 0.717) is 39.6 Å². The number of hydrogen-bond acceptors (Lipinski definition) is 13. The summed E-state index contributed by atoms with van der Waals surface area (Å²) in [5, 5.41) is 9.21. The van der Waals surface area contributed by atoms with Gasteiger partial charge in [0, 0.05) is 94.1 Å². The van der Waals surface area contributed by atoms with Gasteiger partial charge in [-0.05, 0) is 82.3 Å². The van der Waals surface area contributed by atoms with Crippen molar-refractivity contribution in [2.75, 3.05) is 75.1 Å². The van der Waals surface area contributed by atoms with Gasteiger partial charge in [0.25, 0.3) is 17.4 Å². The van der Waals surface area contributed by atoms with E-state index >= 15 is 4.39 Å². The van der Waals surface area contributed by atoms with E-state index < -0.39 is 11.9 Å². The Morgan fingerprint density at radius 1 is 0.969 bits per heavy atom. The molecule has 4 fully saturated rings. The van der Waals surface area contributed by atoms with Gasteiger partial charge in [0.1, 0.15) is 11.1 Å². The second-order valence-corrected chi connectivity index (χ2v) is 17.8. The van der Waals surface area contributed by atoms with Crippen LogP contribution in [0.2, 0.25) is 5.02 Å². The molecule has 5 aliphatic rings. The lowest BCUT2D eigenvalue weighted by Crippen LogP contribution is -2.52. The van der Waals surface area contributed by atoms with Crippen molar-refractivity contribution in [2.24, 2.45) is 0 Å². The number of ether oxygens (including phenoxy) is 2. The number of rotatable bonds is 11. The minimum absolute atomic E-state index is 0.0716. The van der Waals surface area contributed by atoms with Crippen LogP contribution in [0.3, 0.4) is 0 Å². The molecule has 4 aliphatic heterocycles. The van der Waals surface area contributed by atoms with Crippen molar-refractivity contribution in [1.29, 1.82) is 0 Å². The van der Waals surface area contributed by atoms with Gasteiger partial charge in [-0.25, -0.2) is 9.37 Å². The van der Waals surface area contributed by atoms with Crippen LogP contribution in [-0.2, 0) is 25.7 Å². The highest BCUT2D eigenvalue weighted by atomic mass is 35.5. The zero-order chi connectivity index (χ0) is 45.9. The Morgan fingerprint density at radius 2 is 1.72 bits per heavy atom. The van der Waals surface area contributed by atoms with Gasteiger partial charge in [0.05, 0.1) is 30.0 Å². The molecule has 1 aliphatic carbocycles. The number of carbonyl (C=O) groups is 4. The maximum absolute atomic E-state index is 15.4. The first kappa shape index (κ1) is 45.7. The third-order valence-corrected chi connectivity index (χ3v) is 13.4. The topological polar surface area (TPSA) is 184 Å². The summed E-state index contributed by atoms with van der Waals surface area (Å²) in [4.78, 5) is 78.2. The van der Waals surface area contributed by atoms with Gasteiger partial charge in [-0.3, -0.25) is 34.2 Å². The highest BCUT2D eigenvalue weighted by Crippen LogP contribution is 2.35. The minimum Gasteiger partial charge on any atom is -0.478 e. The summed E-state index contributed by atoms with van der Waals surface area (Å²) in [7, 11) is 3.25. The summed E-state index contributed by atoms with van der Waals surface area (Å²) in [6.07, 6.45) is 8.00. The SMILES string of the molecule is CNC(=O)COc1cc2cc(Nc3nc(N4CCC(OC)CC4)ncc3Cl)ccc2n(C(C)C)c1=O.O=C1CCC(N2Cc3c(ccc(N4CCN(C5CCC5)CC4)c3F)C2=O)C(=O)N1. The lowest BCUT2D eigenvalue weighted by molar-refractivity contribution is -0.137. The highest BCUT2D eigenvalue weighted by Gasteiger charge is 2.41. The van der Waals surface area contributed by atoms with Gasteiger partial charge in [-0.1, -0.05) is 18.0 Å². The zero-order valence-corrected chi connectivity index (χ0v) is 38.0. The fraction of sp³-hybridized carbons (Fsp3) is 0.500. The second kappa shape index (κ2) is 19.7. The van der Waals surface area contributed by atoms with Crippen molar-refractivity contribution in [3.63, 3.8) is 0 Å². The highest BCUT2D eigenvalue weighted by molar-refractivity contribution is 6.33. The lowest BCUT2D eigenvalue weighted by atomic mass is 9.91. The zero-order valence-electron chi connectivity index (χ0n) is 37.2. The molecule has 3 saturated heterocycles. The molecule has 4 amide bonds. The van der Waals surface area contributed by atoms with Gasteiger partial charge in [0.15, 0.2) is 24.0 Å². The Morgan fingerprint density at radius 3 is 2.38 bits per heavy atom. The monoisotopic (exact) mass is 914 g/mol. The number of fused-ring (bicyclic) bond motifs is 2. The van der Waals surface area contributed by atoms with Crippen LogP contribution >= 0.6 is 11.6 Å². The van der Waals surface area contributed by atoms with Crippen molar-refractivity contribution in [3.8, 4) is 5.75 Å². The number of nitrogens with zero attached hydrogens (tertiary/aromatic N) is 7. The molecule has 4 aromatic rings. The van der Waals surface area contributed by atoms with Crippen LogP contribution in [0.15, 0.2) is 47.4 Å². The minimum atomic E-state index is -0.721. The number of likely N-dealkylation sites (N-methyl/N-ethyl adjacent to an activating group) is 1. The smallest absolute Gasteiger partial charge is 0.293 e. The number of methoxy groups -OCH3 is 1. The summed E-state index contributed by atoms with van der Waals surface area (Å²) in [6.45, 7) is 8.71. The first-order valence-corrected chi connectivity index (χ1v) is 22.8. The Labute approximate surface area is 381 Å². The predicted molar refractivity (Wildman–Crippen MR) is 245 cm³/mol. The van der Waals surface area contributed by atoms with Crippen LogP contribution in [0.5, 0.6) is 5.75 Å². The summed E-state index contributed by atoms with van der Waals surface area (Å²) in [5.74, 6) is -0.614. The Kier molecular flexibility index (Phi) is 13.9. The molecule has 0 radical (unpaired) electrons. The number of hydrogen-bond donors (Lipinski definition) is 3. The molecule has 1 saturated carbocycles. The molecule has 2 aromatic heterocycles. The van der Waals surface area contributed by atoms with Gasteiger partial charge in [-0.2, -0.15) is 4.98 Å². The fourth-order valence-electron chi connectivity index (χ4n) is 9.17. The molecule has 19 heteroatoms. The molecule has 3 N–H and O–H groups in total. The number of halogens is 2. The third-order valence-electron chi connectivity index (χ3n) is 13.1. The van der Waals surface area contributed by atoms with Crippen molar-refractivity contribution in [1.82, 2.24) is 35.0 Å². The standard InChI is InChI=1S/C25H31ClN6O4.C21H25FN4O3/c1-15(2)32-20-6-5-17(11-16(20)12-21(24(32)34)36-14-22(33)27-3)29-23-19(26)13-28-25(30-23)31-9-7-18(35-4)8-10-31;22-19-15-12-26(17-6-7-18(27)23-20(17)28)21(29)14(15)4-5-16(19)25-10-8-24(9-11-25)13-2-1-3-13/h5-6,11-13,15,18H,7-10,14H2,1-4H3,(H,27,33)(H,28,29,30);4-5,13,17H,1-3,6-12H2,(H,23,27,28). The summed E-state index contributed by atoms with van der Waals surface area (Å²) < 4.78 is 28.0. The second-order valence-electron chi connectivity index (χ2n) is 17.4. The van der Waals surface area contributed by atoms with Crippen LogP contribution in [0, 0.1) is 5.82 Å². The van der Waals surface area contributed by atoms with Gasteiger partial charge < -0.3 is 39.4 Å². The molecule has 0 bridgehead atoms. The Hall–Kier alpha value is -5.85. The van der Waals surface area contributed by atoms with Crippen LogP contribution in [0.25, 0.3) is 10.9 Å². The van der Waals surface area contributed by atoms with Crippen molar-refractivity contribution < 1.29 is 33.0 Å². The average Bonchev–Trinajstić information content (AvgIpc) is 3.62. The summed E-state index contributed by atoms with van der Waals surface area (Å²) in [6, 6.07) is 10.5. The van der Waals surface area contributed by atoms with E-state index in [9.17, 15) is 24.0 Å². The molecule has 346 valence electrons. The number of piperazine rings is 1. The molecule has 65 heavy (non-hydrogen) atoms. The van der Waals surface area contributed by atoms with Crippen molar-refractivity contribution in [3.05, 3.63) is 74.9 Å². The molecule has 17 nitrogen and oxygen atoms in total. The van der Waals surface area contributed by atoms with E-state index in [-0.39, 0.29) is 73.0 Å². The number of benzene rings is 2. The Balaban J connectivity index is 0.000000181. The van der Waals surface area contributed by atoms with Crippen LogP contribution in [-0.4, -0.2) is 126 Å². The van der Waals surface area contributed by atoms with Crippen molar-refractivity contribution >= 4 is 69.3 Å². The molecule has 6 heterocycles. The normalized spacial score (nSPS) is 19.5. The fourth-order valence-corrected chi connectivity index (χ4v) is 9.31. The molecular weight excluding hydrogens is 859 g/mol. The van der Waals surface area contributed by atoms with Gasteiger partial charge >= 0.3 is 0 Å². The maximum Gasteiger partial charge on any atom is 0.293 e. The number of amides is 4. The average molecular weight is 915 g/mol. The number of carbonyl (C=O) groups excluding carboxylic acids is 4. The lowest BCUT2D eigenvalue weighted by Gasteiger charge is -2.43. The van der Waals surface area contributed by atoms with Gasteiger partial charge in [0.2, 0.25) is 17.8 Å². The van der Waals surface area contributed by atoms with Crippen LogP contribution in [0.4, 0.5) is 27.5 Å². The third kappa shape index (κ3) is 9.75. The first-order valence-electron chi connectivity index (χ1n) is 22.4. The van der Waals surface area contributed by atoms with E-state index in [1.165, 1.54) is 31.2 Å². The number of anilines is 4. The molecule has 2 aromatic carbocycles. The summed E-state index contributed by atoms with van der Waals surface area (Å²) in [5.41, 5.74) is 2.42. The number of piperidine rings is 2. The first-order chi connectivity index (χ1) is 31.3. The van der Waals surface area contributed by atoms with Crippen LogP contribution < -0.4 is 36.0 Å². The van der Waals surface area contributed by atoms with Crippen LogP contribution in [0.1, 0.15) is 80.8 Å². The van der Waals surface area contributed by atoms with Crippen molar-refractivity contribution in [2.45, 2.75) is 89.6 Å². The van der Waals surface area contributed by atoms with Gasteiger partial charge in [-0.15, -0.1) is 0 Å². The predicted octanol–water partition coefficient (Wildman–Crippen LogP) is 4.77. The molecule has 1 atom stereocenters. The maximum atomic E-state index is 15.4. The Bertz CT molecular complexity index is 2520. The van der Waals surface area contributed by atoms with E-state index in [2.05, 4.69) is 40.6 Å². The largest absolute Gasteiger partial charge is 0.478 e. The summed E-state index contributed by atoms with van der Waals surface area (Å²) >= 11 is 6.42. The molecule has 1 unspecified atom stereocenters. The number of pyridine rings is 1. The van der Waals surface area contributed by atoms with E-state index in [1.54, 1.807) is 36.1 Å². The quantitative estimate of drug-likeness (QED) is 0.175. The molecule has 0 spiro atoms. The number of nitrogens with one attached hydrogen (secondary N) is 3. The molecule has 9 rings (SSSR count). The van der Waals surface area contributed by atoms with E-state index in [4.69, 9.17) is 21.1 Å². The van der Waals surface area contributed by atoms with E-state index in [0.717, 1.165) is 68.7 Å². The number of aromatic nitrogens is 3. The van der Waals surface area contributed by atoms with E-state index in [1.807, 2.05) is 32.0 Å². The number of imide groups is 1. The molecular formula is C46H56ClFN10O7.